The molecule has 2 heteroatoms. The van der Waals surface area contributed by atoms with Gasteiger partial charge in [-0.25, -0.2) is 4.39 Å². The summed E-state index contributed by atoms with van der Waals surface area (Å²) in [6, 6.07) is 6.51. The van der Waals surface area contributed by atoms with Crippen LogP contribution in [0, 0.1) is 23.6 Å². The van der Waals surface area contributed by atoms with Crippen molar-refractivity contribution in [2.24, 2.45) is 17.8 Å². The molecule has 1 atom stereocenters. The molecule has 0 N–H and O–H groups in total. The van der Waals surface area contributed by atoms with Crippen LogP contribution in [0.25, 0.3) is 5.57 Å². The Morgan fingerprint density at radius 1 is 0.920 bits per heavy atom. The van der Waals surface area contributed by atoms with Gasteiger partial charge in [0.2, 0.25) is 0 Å². The summed E-state index contributed by atoms with van der Waals surface area (Å²) in [5.74, 6) is 2.06. The summed E-state index contributed by atoms with van der Waals surface area (Å²) < 4.78 is 13.1. The van der Waals surface area contributed by atoms with Gasteiger partial charge >= 0.3 is 0 Å². The van der Waals surface area contributed by atoms with Crippen LogP contribution < -0.4 is 0 Å². The Morgan fingerprint density at radius 3 is 2.16 bits per heavy atom. The van der Waals surface area contributed by atoms with Crippen molar-refractivity contribution >= 4 is 11.4 Å². The zero-order chi connectivity index (χ0) is 17.6. The second-order valence-corrected chi connectivity index (χ2v) is 8.07. The average molecular weight is 342 g/mol. The lowest BCUT2D eigenvalue weighted by atomic mass is 9.76. The lowest BCUT2D eigenvalue weighted by Crippen LogP contribution is -2.20. The maximum absolute atomic E-state index is 13.1. The molecule has 2 aliphatic rings. The number of rotatable bonds is 6. The molecule has 0 aromatic heterocycles. The maximum atomic E-state index is 13.1. The second-order valence-electron chi connectivity index (χ2n) is 8.07. The summed E-state index contributed by atoms with van der Waals surface area (Å²) in [4.78, 5) is 12.5. The molecule has 3 rings (SSSR count). The fourth-order valence-corrected chi connectivity index (χ4v) is 4.67. The Hall–Kier alpha value is -1.44. The molecule has 0 radical (unpaired) electrons. The van der Waals surface area contributed by atoms with Crippen molar-refractivity contribution in [1.82, 2.24) is 0 Å². The topological polar surface area (TPSA) is 17.1 Å². The molecule has 0 heterocycles. The van der Waals surface area contributed by atoms with E-state index in [0.29, 0.717) is 0 Å². The van der Waals surface area contributed by atoms with Gasteiger partial charge in [-0.3, -0.25) is 4.79 Å². The van der Waals surface area contributed by atoms with Crippen molar-refractivity contribution in [3.8, 4) is 0 Å². The number of halogens is 1. The van der Waals surface area contributed by atoms with E-state index in [0.717, 1.165) is 42.2 Å². The predicted octanol–water partition coefficient (Wildman–Crippen LogP) is 6.57. The molecule has 0 spiro atoms. The van der Waals surface area contributed by atoms with E-state index in [2.05, 4.69) is 6.92 Å². The van der Waals surface area contributed by atoms with E-state index in [9.17, 15) is 9.18 Å². The number of hydrogen-bond acceptors (Lipinski definition) is 1. The van der Waals surface area contributed by atoms with Crippen molar-refractivity contribution in [1.29, 1.82) is 0 Å². The molecule has 2 aliphatic carbocycles. The van der Waals surface area contributed by atoms with Crippen LogP contribution in [0.5, 0.6) is 0 Å². The molecule has 1 fully saturated rings. The fraction of sp³-hybridized carbons (Fsp3) is 0.609. The molecular formula is C23H31FO. The summed E-state index contributed by atoms with van der Waals surface area (Å²) in [6.45, 7) is 2.29. The highest BCUT2D eigenvalue weighted by Crippen LogP contribution is 2.36. The zero-order valence-corrected chi connectivity index (χ0v) is 15.5. The van der Waals surface area contributed by atoms with Gasteiger partial charge in [-0.05, 0) is 66.9 Å². The van der Waals surface area contributed by atoms with Crippen LogP contribution in [0.15, 0.2) is 30.3 Å². The minimum atomic E-state index is -0.224. The summed E-state index contributed by atoms with van der Waals surface area (Å²) in [5, 5.41) is 0. The Balaban J connectivity index is 1.47. The molecule has 25 heavy (non-hydrogen) atoms. The zero-order valence-electron chi connectivity index (χ0n) is 15.5. The van der Waals surface area contributed by atoms with Crippen LogP contribution in [-0.2, 0) is 4.79 Å². The van der Waals surface area contributed by atoms with Gasteiger partial charge in [0.15, 0.2) is 5.78 Å². The number of ketones is 1. The number of hydrogen-bond donors (Lipinski definition) is 0. The van der Waals surface area contributed by atoms with Crippen LogP contribution in [0.1, 0.15) is 76.7 Å². The van der Waals surface area contributed by atoms with Crippen LogP contribution in [0.2, 0.25) is 0 Å². The van der Waals surface area contributed by atoms with Gasteiger partial charge in [0.1, 0.15) is 5.82 Å². The first-order valence-corrected chi connectivity index (χ1v) is 10.2. The van der Waals surface area contributed by atoms with Crippen LogP contribution in [0.4, 0.5) is 4.39 Å². The first-order valence-electron chi connectivity index (χ1n) is 10.2. The van der Waals surface area contributed by atoms with Gasteiger partial charge in [0.05, 0.1) is 0 Å². The van der Waals surface area contributed by atoms with E-state index >= 15 is 0 Å². The number of carbonyl (C=O) groups is 1. The van der Waals surface area contributed by atoms with Crippen molar-refractivity contribution in [3.63, 3.8) is 0 Å². The molecule has 0 saturated heterocycles. The predicted molar refractivity (Wildman–Crippen MR) is 102 cm³/mol. The van der Waals surface area contributed by atoms with Crippen molar-refractivity contribution in [3.05, 3.63) is 41.7 Å². The Morgan fingerprint density at radius 2 is 1.56 bits per heavy atom. The summed E-state index contributed by atoms with van der Waals surface area (Å²) in [5.41, 5.74) is 2.06. The van der Waals surface area contributed by atoms with Crippen LogP contribution in [0.3, 0.4) is 0 Å². The first-order chi connectivity index (χ1) is 12.2. The minimum Gasteiger partial charge on any atom is -0.295 e. The van der Waals surface area contributed by atoms with E-state index in [1.54, 1.807) is 12.1 Å². The first kappa shape index (κ1) is 18.4. The highest BCUT2D eigenvalue weighted by molar-refractivity contribution is 5.99. The molecular weight excluding hydrogens is 311 g/mol. The summed E-state index contributed by atoms with van der Waals surface area (Å²) in [6.07, 6.45) is 14.2. The van der Waals surface area contributed by atoms with Crippen molar-refractivity contribution < 1.29 is 9.18 Å². The van der Waals surface area contributed by atoms with E-state index in [-0.39, 0.29) is 17.5 Å². The molecule has 0 aliphatic heterocycles. The summed E-state index contributed by atoms with van der Waals surface area (Å²) >= 11 is 0. The SMILES string of the molecule is CCCC1CCC(CCC2CCC(c3ccc(F)cc3)=CC2=O)CC1. The number of benzene rings is 1. The van der Waals surface area contributed by atoms with Crippen LogP contribution >= 0.6 is 0 Å². The van der Waals surface area contributed by atoms with Gasteiger partial charge in [-0.1, -0.05) is 57.6 Å². The minimum absolute atomic E-state index is 0.206. The normalized spacial score (nSPS) is 27.2. The fourth-order valence-electron chi connectivity index (χ4n) is 4.67. The van der Waals surface area contributed by atoms with Gasteiger partial charge in [0.25, 0.3) is 0 Å². The molecule has 1 saturated carbocycles. The Labute approximate surface area is 151 Å². The molecule has 1 unspecified atom stereocenters. The van der Waals surface area contributed by atoms with Gasteiger partial charge in [-0.15, -0.1) is 0 Å². The van der Waals surface area contributed by atoms with E-state index in [4.69, 9.17) is 0 Å². The van der Waals surface area contributed by atoms with Crippen molar-refractivity contribution in [2.75, 3.05) is 0 Å². The monoisotopic (exact) mass is 342 g/mol. The Kier molecular flexibility index (Phi) is 6.45. The summed E-state index contributed by atoms with van der Waals surface area (Å²) in [7, 11) is 0. The van der Waals surface area contributed by atoms with Gasteiger partial charge < -0.3 is 0 Å². The lowest BCUT2D eigenvalue weighted by molar-refractivity contribution is -0.118. The smallest absolute Gasteiger partial charge is 0.159 e. The third kappa shape index (κ3) is 5.03. The number of allylic oxidation sites excluding steroid dienone is 2. The largest absolute Gasteiger partial charge is 0.295 e. The third-order valence-electron chi connectivity index (χ3n) is 6.28. The van der Waals surface area contributed by atoms with Gasteiger partial charge in [-0.2, -0.15) is 0 Å². The lowest BCUT2D eigenvalue weighted by Gasteiger charge is -2.29. The molecule has 1 aromatic carbocycles. The molecule has 0 bridgehead atoms. The molecule has 136 valence electrons. The van der Waals surface area contributed by atoms with E-state index in [1.807, 2.05) is 6.08 Å². The van der Waals surface area contributed by atoms with Crippen molar-refractivity contribution in [2.45, 2.75) is 71.1 Å². The number of carbonyl (C=O) groups excluding carboxylic acids is 1. The third-order valence-corrected chi connectivity index (χ3v) is 6.28. The molecule has 1 aromatic rings. The Bertz CT molecular complexity index is 593. The molecule has 0 amide bonds. The quantitative estimate of drug-likeness (QED) is 0.571. The van der Waals surface area contributed by atoms with E-state index < -0.39 is 0 Å². The highest BCUT2D eigenvalue weighted by Gasteiger charge is 2.26. The average Bonchev–Trinajstić information content (AvgIpc) is 2.63. The van der Waals surface area contributed by atoms with Gasteiger partial charge in [0, 0.05) is 5.92 Å². The highest BCUT2D eigenvalue weighted by atomic mass is 19.1. The standard InChI is InChI=1S/C23H31FO/c1-2-3-17-4-6-18(7-5-17)8-9-20-10-11-21(16-23(20)25)19-12-14-22(24)15-13-19/h12-18,20H,2-11H2,1H3. The maximum Gasteiger partial charge on any atom is 0.159 e. The second kappa shape index (κ2) is 8.78. The van der Waals surface area contributed by atoms with E-state index in [1.165, 1.54) is 57.1 Å². The molecule has 1 nitrogen and oxygen atoms in total. The van der Waals surface area contributed by atoms with Crippen LogP contribution in [-0.4, -0.2) is 5.78 Å².